The number of allylic oxidation sites excluding steroid dienone is 1. The highest BCUT2D eigenvalue weighted by atomic mass is 19.4. The summed E-state index contributed by atoms with van der Waals surface area (Å²) in [5.41, 5.74) is 0.523. The van der Waals surface area contributed by atoms with Crippen molar-refractivity contribution in [3.05, 3.63) is 41.5 Å². The average molecular weight is 283 g/mol. The van der Waals surface area contributed by atoms with Crippen molar-refractivity contribution >= 4 is 11.5 Å². The SMILES string of the molecule is CCC[C@H]1CC(=O)C=C(c2ccc(C(F)(F)F)cc2)N1. The molecule has 0 radical (unpaired) electrons. The number of carbonyl (C=O) groups is 1. The van der Waals surface area contributed by atoms with Crippen molar-refractivity contribution in [2.45, 2.75) is 38.4 Å². The third-order valence-electron chi connectivity index (χ3n) is 3.27. The number of carbonyl (C=O) groups excluding carboxylic acids is 1. The van der Waals surface area contributed by atoms with E-state index in [1.54, 1.807) is 0 Å². The summed E-state index contributed by atoms with van der Waals surface area (Å²) in [7, 11) is 0. The van der Waals surface area contributed by atoms with Gasteiger partial charge in [-0.15, -0.1) is 0 Å². The molecule has 1 aromatic carbocycles. The van der Waals surface area contributed by atoms with Gasteiger partial charge in [0.15, 0.2) is 5.78 Å². The van der Waals surface area contributed by atoms with Crippen molar-refractivity contribution in [3.8, 4) is 0 Å². The summed E-state index contributed by atoms with van der Waals surface area (Å²) in [6.07, 6.45) is -0.616. The molecule has 0 spiro atoms. The van der Waals surface area contributed by atoms with Crippen LogP contribution in [0.4, 0.5) is 13.2 Å². The highest BCUT2D eigenvalue weighted by Gasteiger charge is 2.30. The second-order valence-electron chi connectivity index (χ2n) is 4.93. The van der Waals surface area contributed by atoms with E-state index in [0.29, 0.717) is 17.7 Å². The minimum absolute atomic E-state index is 0.0112. The number of hydrogen-bond donors (Lipinski definition) is 1. The molecule has 1 aromatic rings. The predicted molar refractivity (Wildman–Crippen MR) is 70.9 cm³/mol. The zero-order chi connectivity index (χ0) is 14.8. The normalized spacial score (nSPS) is 19.5. The van der Waals surface area contributed by atoms with Gasteiger partial charge in [0.1, 0.15) is 0 Å². The van der Waals surface area contributed by atoms with Crippen LogP contribution in [0.3, 0.4) is 0 Å². The number of nitrogens with one attached hydrogen (secondary N) is 1. The maximum atomic E-state index is 12.5. The second kappa shape index (κ2) is 5.69. The van der Waals surface area contributed by atoms with Gasteiger partial charge in [-0.1, -0.05) is 25.5 Å². The van der Waals surface area contributed by atoms with E-state index in [0.717, 1.165) is 25.0 Å². The van der Waals surface area contributed by atoms with Crippen molar-refractivity contribution < 1.29 is 18.0 Å². The first-order chi connectivity index (χ1) is 9.40. The van der Waals surface area contributed by atoms with Gasteiger partial charge in [-0.25, -0.2) is 0 Å². The van der Waals surface area contributed by atoms with Crippen LogP contribution in [-0.2, 0) is 11.0 Å². The Morgan fingerprint density at radius 3 is 2.45 bits per heavy atom. The first-order valence-electron chi connectivity index (χ1n) is 6.59. The first kappa shape index (κ1) is 14.6. The lowest BCUT2D eigenvalue weighted by atomic mass is 9.97. The van der Waals surface area contributed by atoms with Crippen LogP contribution in [0.1, 0.15) is 37.3 Å². The summed E-state index contributed by atoms with van der Waals surface area (Å²) >= 11 is 0. The van der Waals surface area contributed by atoms with E-state index in [1.165, 1.54) is 18.2 Å². The maximum absolute atomic E-state index is 12.5. The molecule has 0 fully saturated rings. The summed E-state index contributed by atoms with van der Waals surface area (Å²) in [6.45, 7) is 2.03. The van der Waals surface area contributed by atoms with Crippen molar-refractivity contribution in [3.63, 3.8) is 0 Å². The molecule has 0 saturated carbocycles. The zero-order valence-electron chi connectivity index (χ0n) is 11.1. The standard InChI is InChI=1S/C15H16F3NO/c1-2-3-12-8-13(20)9-14(19-12)10-4-6-11(7-5-10)15(16,17)18/h4-7,9,12,19H,2-3,8H2,1H3/t12-/m0/s1. The van der Waals surface area contributed by atoms with Gasteiger partial charge in [0.2, 0.25) is 0 Å². The van der Waals surface area contributed by atoms with Gasteiger partial charge in [-0.2, -0.15) is 13.2 Å². The van der Waals surface area contributed by atoms with Crippen LogP contribution in [0.25, 0.3) is 5.70 Å². The molecule has 1 aliphatic rings. The Morgan fingerprint density at radius 2 is 1.90 bits per heavy atom. The Bertz CT molecular complexity index is 517. The topological polar surface area (TPSA) is 29.1 Å². The molecule has 0 saturated heterocycles. The average Bonchev–Trinajstić information content (AvgIpc) is 2.37. The maximum Gasteiger partial charge on any atom is 0.416 e. The van der Waals surface area contributed by atoms with Crippen LogP contribution in [0.15, 0.2) is 30.3 Å². The van der Waals surface area contributed by atoms with Crippen LogP contribution < -0.4 is 5.32 Å². The van der Waals surface area contributed by atoms with Gasteiger partial charge < -0.3 is 5.32 Å². The molecule has 1 heterocycles. The van der Waals surface area contributed by atoms with Gasteiger partial charge >= 0.3 is 6.18 Å². The number of ketones is 1. The molecule has 1 aliphatic heterocycles. The first-order valence-corrected chi connectivity index (χ1v) is 6.59. The fourth-order valence-corrected chi connectivity index (χ4v) is 2.30. The lowest BCUT2D eigenvalue weighted by molar-refractivity contribution is -0.137. The van der Waals surface area contributed by atoms with Crippen molar-refractivity contribution in [1.29, 1.82) is 0 Å². The van der Waals surface area contributed by atoms with Crippen LogP contribution in [0, 0.1) is 0 Å². The lowest BCUT2D eigenvalue weighted by Crippen LogP contribution is -2.34. The number of benzene rings is 1. The summed E-state index contributed by atoms with van der Waals surface area (Å²) in [6, 6.07) is 4.92. The smallest absolute Gasteiger partial charge is 0.381 e. The minimum Gasteiger partial charge on any atom is -0.381 e. The van der Waals surface area contributed by atoms with Crippen LogP contribution in [0.2, 0.25) is 0 Å². The molecule has 108 valence electrons. The van der Waals surface area contributed by atoms with Gasteiger partial charge in [-0.05, 0) is 24.1 Å². The number of rotatable bonds is 3. The monoisotopic (exact) mass is 283 g/mol. The van der Waals surface area contributed by atoms with Crippen LogP contribution >= 0.6 is 0 Å². The van der Waals surface area contributed by atoms with E-state index in [9.17, 15) is 18.0 Å². The molecule has 0 unspecified atom stereocenters. The molecule has 0 amide bonds. The Labute approximate surface area is 115 Å². The molecule has 2 rings (SSSR count). The Hall–Kier alpha value is -1.78. The third-order valence-corrected chi connectivity index (χ3v) is 3.27. The van der Waals surface area contributed by atoms with Crippen molar-refractivity contribution in [1.82, 2.24) is 5.32 Å². The fourth-order valence-electron chi connectivity index (χ4n) is 2.30. The van der Waals surface area contributed by atoms with Gasteiger partial charge in [0.25, 0.3) is 0 Å². The quantitative estimate of drug-likeness (QED) is 0.914. The van der Waals surface area contributed by atoms with Crippen molar-refractivity contribution in [2.24, 2.45) is 0 Å². The predicted octanol–water partition coefficient (Wildman–Crippen LogP) is 3.78. The Morgan fingerprint density at radius 1 is 1.25 bits per heavy atom. The summed E-state index contributed by atoms with van der Waals surface area (Å²) < 4.78 is 37.5. The molecule has 0 bridgehead atoms. The minimum atomic E-state index is -4.34. The highest BCUT2D eigenvalue weighted by Crippen LogP contribution is 2.30. The fraction of sp³-hybridized carbons (Fsp3) is 0.400. The molecule has 1 atom stereocenters. The van der Waals surface area contributed by atoms with Crippen molar-refractivity contribution in [2.75, 3.05) is 0 Å². The molecule has 20 heavy (non-hydrogen) atoms. The van der Waals surface area contributed by atoms with E-state index in [2.05, 4.69) is 5.32 Å². The zero-order valence-corrected chi connectivity index (χ0v) is 11.1. The summed E-state index contributed by atoms with van der Waals surface area (Å²) in [5.74, 6) is 0.0112. The molecule has 0 aliphatic carbocycles. The summed E-state index contributed by atoms with van der Waals surface area (Å²) in [4.78, 5) is 11.7. The molecular weight excluding hydrogens is 267 g/mol. The summed E-state index contributed by atoms with van der Waals surface area (Å²) in [5, 5.41) is 3.22. The molecule has 2 nitrogen and oxygen atoms in total. The Balaban J connectivity index is 2.20. The Kier molecular flexibility index (Phi) is 4.16. The number of alkyl halides is 3. The number of halogens is 3. The molecular formula is C15H16F3NO. The van der Waals surface area contributed by atoms with Gasteiger partial charge in [0.05, 0.1) is 5.56 Å². The molecule has 0 aromatic heterocycles. The highest BCUT2D eigenvalue weighted by molar-refractivity contribution is 5.98. The third kappa shape index (κ3) is 3.40. The lowest BCUT2D eigenvalue weighted by Gasteiger charge is -2.25. The van der Waals surface area contributed by atoms with Gasteiger partial charge in [-0.3, -0.25) is 4.79 Å². The van der Waals surface area contributed by atoms with Crippen LogP contribution in [-0.4, -0.2) is 11.8 Å². The second-order valence-corrected chi connectivity index (χ2v) is 4.93. The molecule has 5 heteroatoms. The van der Waals surface area contributed by atoms with E-state index in [-0.39, 0.29) is 11.8 Å². The number of hydrogen-bond acceptors (Lipinski definition) is 2. The largest absolute Gasteiger partial charge is 0.416 e. The molecule has 1 N–H and O–H groups in total. The van der Waals surface area contributed by atoms with E-state index in [1.807, 2.05) is 6.92 Å². The van der Waals surface area contributed by atoms with E-state index < -0.39 is 11.7 Å². The van der Waals surface area contributed by atoms with E-state index >= 15 is 0 Å². The van der Waals surface area contributed by atoms with Crippen LogP contribution in [0.5, 0.6) is 0 Å². The van der Waals surface area contributed by atoms with Gasteiger partial charge in [0, 0.05) is 24.2 Å². The van der Waals surface area contributed by atoms with E-state index in [4.69, 9.17) is 0 Å².